The Kier molecular flexibility index (Phi) is 8.86. The zero-order valence-electron chi connectivity index (χ0n) is 17.0. The molecule has 29 heavy (non-hydrogen) atoms. The first-order valence-corrected chi connectivity index (χ1v) is 10.6. The van der Waals surface area contributed by atoms with E-state index in [1.807, 2.05) is 44.2 Å². The summed E-state index contributed by atoms with van der Waals surface area (Å²) in [6.07, 6.45) is 2.34. The number of carboxylic acids is 1. The summed E-state index contributed by atoms with van der Waals surface area (Å²) in [5.74, 6) is 0.200. The summed E-state index contributed by atoms with van der Waals surface area (Å²) in [6, 6.07) is 12.4. The van der Waals surface area contributed by atoms with Gasteiger partial charge in [-0.15, -0.1) is 0 Å². The molecule has 0 aliphatic carbocycles. The predicted octanol–water partition coefficient (Wildman–Crippen LogP) is 5.56. The van der Waals surface area contributed by atoms with Crippen molar-refractivity contribution in [1.29, 1.82) is 0 Å². The molecule has 0 saturated carbocycles. The molecule has 2 aromatic carbocycles. The second kappa shape index (κ2) is 11.4. The van der Waals surface area contributed by atoms with E-state index in [0.717, 1.165) is 24.8 Å². The molecule has 156 valence electrons. The van der Waals surface area contributed by atoms with Gasteiger partial charge in [0.1, 0.15) is 5.75 Å². The summed E-state index contributed by atoms with van der Waals surface area (Å²) in [6.45, 7) is 6.71. The van der Waals surface area contributed by atoms with Crippen molar-refractivity contribution in [3.63, 3.8) is 0 Å². The van der Waals surface area contributed by atoms with Crippen LogP contribution in [0.1, 0.15) is 50.4 Å². The highest BCUT2D eigenvalue weighted by atomic mass is 32.2. The molecule has 7 heteroatoms. The number of amides is 1. The van der Waals surface area contributed by atoms with Crippen LogP contribution in [0.25, 0.3) is 0 Å². The van der Waals surface area contributed by atoms with E-state index in [2.05, 4.69) is 17.0 Å². The maximum absolute atomic E-state index is 12.1. The van der Waals surface area contributed by atoms with E-state index in [1.165, 1.54) is 6.07 Å². The second-order valence-corrected chi connectivity index (χ2v) is 7.93. The summed E-state index contributed by atoms with van der Waals surface area (Å²) in [7, 11) is 0. The van der Waals surface area contributed by atoms with Crippen LogP contribution in [0.2, 0.25) is 0 Å². The number of carboxylic acid groups (broad SMARTS) is 1. The fourth-order valence-corrected chi connectivity index (χ4v) is 3.31. The number of anilines is 1. The van der Waals surface area contributed by atoms with E-state index < -0.39 is 5.97 Å². The summed E-state index contributed by atoms with van der Waals surface area (Å²) in [4.78, 5) is 24.3. The Balaban J connectivity index is 2.39. The lowest BCUT2D eigenvalue weighted by Gasteiger charge is -2.18. The van der Waals surface area contributed by atoms with E-state index in [9.17, 15) is 14.7 Å². The van der Waals surface area contributed by atoms with E-state index in [1.54, 1.807) is 6.07 Å². The average molecular weight is 417 g/mol. The molecule has 3 N–H and O–H groups in total. The number of unbranched alkanes of at least 4 members (excludes halogenated alkanes) is 1. The number of para-hydroxylation sites is 1. The predicted molar refractivity (Wildman–Crippen MR) is 117 cm³/mol. The fraction of sp³-hybridized carbons (Fsp3) is 0.364. The van der Waals surface area contributed by atoms with Crippen molar-refractivity contribution < 1.29 is 19.4 Å². The van der Waals surface area contributed by atoms with Crippen molar-refractivity contribution in [2.24, 2.45) is 5.92 Å². The SMILES string of the molecule is CCCCNc1cc(C(=O)O)cc(SNC(=O)CC(C)C)c1Oc1ccccc1. The summed E-state index contributed by atoms with van der Waals surface area (Å²) >= 11 is 1.07. The van der Waals surface area contributed by atoms with Crippen molar-refractivity contribution in [3.8, 4) is 11.5 Å². The summed E-state index contributed by atoms with van der Waals surface area (Å²) in [5, 5.41) is 12.8. The number of rotatable bonds is 11. The van der Waals surface area contributed by atoms with Crippen LogP contribution in [0.5, 0.6) is 11.5 Å². The van der Waals surface area contributed by atoms with Gasteiger partial charge in [0.2, 0.25) is 5.91 Å². The number of carbonyl (C=O) groups is 2. The molecule has 6 nitrogen and oxygen atoms in total. The zero-order chi connectivity index (χ0) is 21.2. The minimum absolute atomic E-state index is 0.114. The van der Waals surface area contributed by atoms with Gasteiger partial charge in [0.25, 0.3) is 0 Å². The van der Waals surface area contributed by atoms with Crippen LogP contribution in [0.3, 0.4) is 0 Å². The van der Waals surface area contributed by atoms with Gasteiger partial charge < -0.3 is 15.2 Å². The number of hydrogen-bond donors (Lipinski definition) is 3. The molecule has 0 bridgehead atoms. The van der Waals surface area contributed by atoms with Gasteiger partial charge in [0.05, 0.1) is 16.1 Å². The Morgan fingerprint density at radius 3 is 2.52 bits per heavy atom. The molecule has 0 fully saturated rings. The number of hydrogen-bond acceptors (Lipinski definition) is 5. The first-order valence-electron chi connectivity index (χ1n) is 9.74. The van der Waals surface area contributed by atoms with E-state index in [4.69, 9.17) is 4.74 Å². The molecule has 0 aromatic heterocycles. The van der Waals surface area contributed by atoms with Gasteiger partial charge in [-0.05, 0) is 48.6 Å². The highest BCUT2D eigenvalue weighted by molar-refractivity contribution is 7.98. The molecular formula is C22H28N2O4S. The van der Waals surface area contributed by atoms with Crippen LogP contribution in [-0.2, 0) is 4.79 Å². The highest BCUT2D eigenvalue weighted by Gasteiger charge is 2.18. The lowest BCUT2D eigenvalue weighted by molar-refractivity contribution is -0.119. The minimum Gasteiger partial charge on any atom is -0.478 e. The highest BCUT2D eigenvalue weighted by Crippen LogP contribution is 2.39. The topological polar surface area (TPSA) is 87.7 Å². The van der Waals surface area contributed by atoms with Crippen molar-refractivity contribution in [2.45, 2.75) is 44.9 Å². The standard InChI is InChI=1S/C22H28N2O4S/c1-4-5-11-23-18-13-16(22(26)27)14-19(29-24-20(25)12-15(2)3)21(18)28-17-9-7-6-8-10-17/h6-10,13-15,23H,4-5,11-12H2,1-3H3,(H,24,25)(H,26,27). The van der Waals surface area contributed by atoms with E-state index >= 15 is 0 Å². The summed E-state index contributed by atoms with van der Waals surface area (Å²) < 4.78 is 8.89. The largest absolute Gasteiger partial charge is 0.478 e. The van der Waals surface area contributed by atoms with Gasteiger partial charge in [-0.1, -0.05) is 45.4 Å². The monoisotopic (exact) mass is 416 g/mol. The van der Waals surface area contributed by atoms with Crippen LogP contribution < -0.4 is 14.8 Å². The van der Waals surface area contributed by atoms with Gasteiger partial charge in [0.15, 0.2) is 5.75 Å². The molecule has 0 spiro atoms. The molecule has 0 radical (unpaired) electrons. The van der Waals surface area contributed by atoms with Crippen molar-refractivity contribution in [3.05, 3.63) is 48.0 Å². The number of aromatic carboxylic acids is 1. The van der Waals surface area contributed by atoms with Crippen LogP contribution >= 0.6 is 11.9 Å². The molecule has 0 saturated heterocycles. The molecule has 2 aromatic rings. The smallest absolute Gasteiger partial charge is 0.335 e. The first-order chi connectivity index (χ1) is 13.9. The van der Waals surface area contributed by atoms with Crippen molar-refractivity contribution >= 4 is 29.5 Å². The normalized spacial score (nSPS) is 10.6. The Morgan fingerprint density at radius 1 is 1.17 bits per heavy atom. The van der Waals surface area contributed by atoms with Gasteiger partial charge in [0, 0.05) is 13.0 Å². The number of carbonyl (C=O) groups excluding carboxylic acids is 1. The van der Waals surface area contributed by atoms with Crippen LogP contribution in [0.4, 0.5) is 5.69 Å². The van der Waals surface area contributed by atoms with Crippen molar-refractivity contribution in [1.82, 2.24) is 4.72 Å². The maximum atomic E-state index is 12.1. The number of benzene rings is 2. The average Bonchev–Trinajstić information content (AvgIpc) is 2.68. The van der Waals surface area contributed by atoms with Crippen LogP contribution in [-0.4, -0.2) is 23.5 Å². The third-order valence-corrected chi connectivity index (χ3v) is 4.83. The lowest BCUT2D eigenvalue weighted by atomic mass is 10.1. The van der Waals surface area contributed by atoms with Gasteiger partial charge in [-0.3, -0.25) is 9.52 Å². The fourth-order valence-electron chi connectivity index (χ4n) is 2.57. The Bertz CT molecular complexity index is 825. The molecule has 0 atom stereocenters. The number of nitrogens with one attached hydrogen (secondary N) is 2. The maximum Gasteiger partial charge on any atom is 0.335 e. The van der Waals surface area contributed by atoms with Crippen LogP contribution in [0.15, 0.2) is 47.4 Å². The van der Waals surface area contributed by atoms with E-state index in [0.29, 0.717) is 35.0 Å². The molecule has 0 aliphatic rings. The van der Waals surface area contributed by atoms with E-state index in [-0.39, 0.29) is 17.4 Å². The molecule has 0 heterocycles. The third kappa shape index (κ3) is 7.34. The zero-order valence-corrected chi connectivity index (χ0v) is 17.8. The molecule has 0 aliphatic heterocycles. The van der Waals surface area contributed by atoms with Gasteiger partial charge >= 0.3 is 5.97 Å². The molecular weight excluding hydrogens is 388 g/mol. The van der Waals surface area contributed by atoms with Gasteiger partial charge in [-0.2, -0.15) is 0 Å². The third-order valence-electron chi connectivity index (χ3n) is 3.98. The Morgan fingerprint density at radius 2 is 1.90 bits per heavy atom. The molecule has 2 rings (SSSR count). The second-order valence-electron chi connectivity index (χ2n) is 7.08. The number of ether oxygens (including phenoxy) is 1. The first kappa shape index (κ1) is 22.6. The Hall–Kier alpha value is -2.67. The minimum atomic E-state index is -1.04. The Labute approximate surface area is 176 Å². The van der Waals surface area contributed by atoms with Crippen LogP contribution in [0, 0.1) is 5.92 Å². The summed E-state index contributed by atoms with van der Waals surface area (Å²) in [5.41, 5.74) is 0.716. The lowest BCUT2D eigenvalue weighted by Crippen LogP contribution is -2.17. The molecule has 0 unspecified atom stereocenters. The molecule has 1 amide bonds. The quantitative estimate of drug-likeness (QED) is 0.328. The van der Waals surface area contributed by atoms with Gasteiger partial charge in [-0.25, -0.2) is 4.79 Å². The van der Waals surface area contributed by atoms with Crippen molar-refractivity contribution in [2.75, 3.05) is 11.9 Å².